The van der Waals surface area contributed by atoms with E-state index in [2.05, 4.69) is 16.9 Å². The number of aryl methyl sites for hydroxylation is 1. The van der Waals surface area contributed by atoms with Crippen molar-refractivity contribution in [2.75, 3.05) is 0 Å². The van der Waals surface area contributed by atoms with Crippen LogP contribution in [0.1, 0.15) is 11.1 Å². The van der Waals surface area contributed by atoms with Gasteiger partial charge in [0.25, 0.3) is 0 Å². The van der Waals surface area contributed by atoms with Crippen molar-refractivity contribution in [3.8, 4) is 0 Å². The van der Waals surface area contributed by atoms with Gasteiger partial charge in [0.1, 0.15) is 5.65 Å². The molecule has 0 aromatic carbocycles. The van der Waals surface area contributed by atoms with Gasteiger partial charge < -0.3 is 10.7 Å². The smallest absolute Gasteiger partial charge is 0.137 e. The number of hydrogen-bond donors (Lipinski definition) is 2. The summed E-state index contributed by atoms with van der Waals surface area (Å²) in [6.07, 6.45) is 3.72. The lowest BCUT2D eigenvalue weighted by Crippen LogP contribution is -1.95. The molecular weight excluding hydrogens is 150 g/mol. The number of aromatic nitrogens is 2. The largest absolute Gasteiger partial charge is 0.346 e. The van der Waals surface area contributed by atoms with Crippen LogP contribution in [0.15, 0.2) is 18.5 Å². The maximum atomic E-state index is 5.58. The number of nitrogens with zero attached hydrogens (tertiary/aromatic N) is 1. The molecule has 0 bridgehead atoms. The topological polar surface area (TPSA) is 54.7 Å². The van der Waals surface area contributed by atoms with Crippen molar-refractivity contribution in [3.05, 3.63) is 29.6 Å². The Kier molecular flexibility index (Phi) is 1.59. The summed E-state index contributed by atoms with van der Waals surface area (Å²) in [6, 6.07) is 2.00. The fourth-order valence-electron chi connectivity index (χ4n) is 1.46. The fraction of sp³-hybridized carbons (Fsp3) is 0.222. The van der Waals surface area contributed by atoms with Crippen LogP contribution in [-0.2, 0) is 6.54 Å². The molecule has 3 heteroatoms. The third-order valence-electron chi connectivity index (χ3n) is 2.08. The van der Waals surface area contributed by atoms with E-state index in [1.165, 1.54) is 10.9 Å². The number of hydrogen-bond acceptors (Lipinski definition) is 2. The van der Waals surface area contributed by atoms with Gasteiger partial charge in [0, 0.05) is 24.3 Å². The van der Waals surface area contributed by atoms with Crippen LogP contribution in [0, 0.1) is 6.92 Å². The van der Waals surface area contributed by atoms with Gasteiger partial charge in [0.2, 0.25) is 0 Å². The van der Waals surface area contributed by atoms with E-state index in [0.717, 1.165) is 11.2 Å². The molecule has 0 amide bonds. The van der Waals surface area contributed by atoms with Crippen molar-refractivity contribution >= 4 is 11.0 Å². The lowest BCUT2D eigenvalue weighted by atomic mass is 10.1. The van der Waals surface area contributed by atoms with E-state index in [0.29, 0.717) is 6.54 Å². The van der Waals surface area contributed by atoms with E-state index in [-0.39, 0.29) is 0 Å². The number of pyridine rings is 1. The lowest BCUT2D eigenvalue weighted by Gasteiger charge is -1.96. The van der Waals surface area contributed by atoms with E-state index >= 15 is 0 Å². The predicted molar refractivity (Wildman–Crippen MR) is 48.7 cm³/mol. The van der Waals surface area contributed by atoms with Crippen LogP contribution < -0.4 is 5.73 Å². The van der Waals surface area contributed by atoms with Crippen molar-refractivity contribution in [2.45, 2.75) is 13.5 Å². The Morgan fingerprint density at radius 3 is 3.17 bits per heavy atom. The molecule has 0 radical (unpaired) electrons. The summed E-state index contributed by atoms with van der Waals surface area (Å²) in [7, 11) is 0. The van der Waals surface area contributed by atoms with Gasteiger partial charge in [-0.15, -0.1) is 0 Å². The standard InChI is InChI=1S/C9H11N3/c1-6-2-3-11-9-8(6)7(4-10)5-12-9/h2-3,5H,4,10H2,1H3,(H,11,12). The van der Waals surface area contributed by atoms with Crippen LogP contribution in [0.3, 0.4) is 0 Å². The molecule has 0 atom stereocenters. The molecule has 3 nitrogen and oxygen atoms in total. The number of nitrogens with two attached hydrogens (primary N) is 1. The second-order valence-electron chi connectivity index (χ2n) is 2.87. The Hall–Kier alpha value is -1.35. The summed E-state index contributed by atoms with van der Waals surface area (Å²) < 4.78 is 0. The molecule has 62 valence electrons. The Morgan fingerprint density at radius 1 is 1.58 bits per heavy atom. The summed E-state index contributed by atoms with van der Waals surface area (Å²) >= 11 is 0. The van der Waals surface area contributed by atoms with Gasteiger partial charge in [0.15, 0.2) is 0 Å². The number of nitrogens with one attached hydrogen (secondary N) is 1. The number of H-pyrrole nitrogens is 1. The molecule has 3 N–H and O–H groups in total. The molecule has 0 aliphatic carbocycles. The first-order valence-electron chi connectivity index (χ1n) is 3.94. The molecule has 0 spiro atoms. The van der Waals surface area contributed by atoms with E-state index in [1.54, 1.807) is 6.20 Å². The van der Waals surface area contributed by atoms with Gasteiger partial charge in [0.05, 0.1) is 0 Å². The van der Waals surface area contributed by atoms with Crippen molar-refractivity contribution in [3.63, 3.8) is 0 Å². The van der Waals surface area contributed by atoms with Crippen molar-refractivity contribution in [1.29, 1.82) is 0 Å². The van der Waals surface area contributed by atoms with Crippen molar-refractivity contribution in [1.82, 2.24) is 9.97 Å². The van der Waals surface area contributed by atoms with E-state index in [9.17, 15) is 0 Å². The molecule has 0 unspecified atom stereocenters. The Bertz CT molecular complexity index is 403. The van der Waals surface area contributed by atoms with E-state index in [1.807, 2.05) is 12.3 Å². The van der Waals surface area contributed by atoms with Crippen molar-refractivity contribution in [2.24, 2.45) is 5.73 Å². The molecule has 0 saturated carbocycles. The highest BCUT2D eigenvalue weighted by Crippen LogP contribution is 2.19. The summed E-state index contributed by atoms with van der Waals surface area (Å²) in [6.45, 7) is 2.63. The second kappa shape index (κ2) is 2.60. The molecule has 0 aliphatic heterocycles. The fourth-order valence-corrected chi connectivity index (χ4v) is 1.46. The minimum atomic E-state index is 0.562. The van der Waals surface area contributed by atoms with Crippen LogP contribution in [0.5, 0.6) is 0 Å². The molecule has 2 heterocycles. The van der Waals surface area contributed by atoms with Crippen LogP contribution in [0.25, 0.3) is 11.0 Å². The van der Waals surface area contributed by atoms with Crippen LogP contribution in [-0.4, -0.2) is 9.97 Å². The molecule has 0 fully saturated rings. The highest BCUT2D eigenvalue weighted by Gasteiger charge is 2.04. The summed E-state index contributed by atoms with van der Waals surface area (Å²) in [5.41, 5.74) is 8.87. The number of fused-ring (bicyclic) bond motifs is 1. The molecule has 0 saturated heterocycles. The Balaban J connectivity index is 2.83. The number of rotatable bonds is 1. The van der Waals surface area contributed by atoms with Crippen LogP contribution in [0.4, 0.5) is 0 Å². The average molecular weight is 161 g/mol. The monoisotopic (exact) mass is 161 g/mol. The lowest BCUT2D eigenvalue weighted by molar-refractivity contribution is 1.08. The van der Waals surface area contributed by atoms with Gasteiger partial charge >= 0.3 is 0 Å². The maximum Gasteiger partial charge on any atom is 0.137 e. The van der Waals surface area contributed by atoms with Gasteiger partial charge in [-0.1, -0.05) is 0 Å². The molecule has 2 aromatic rings. The third-order valence-corrected chi connectivity index (χ3v) is 2.08. The SMILES string of the molecule is Cc1ccnc2[nH]cc(CN)c12. The van der Waals surface area contributed by atoms with Crippen LogP contribution in [0.2, 0.25) is 0 Å². The van der Waals surface area contributed by atoms with E-state index in [4.69, 9.17) is 5.73 Å². The molecule has 0 aliphatic rings. The first kappa shape index (κ1) is 7.31. The Morgan fingerprint density at radius 2 is 2.42 bits per heavy atom. The Labute approximate surface area is 70.6 Å². The third kappa shape index (κ3) is 0.905. The van der Waals surface area contributed by atoms with Gasteiger partial charge in [-0.05, 0) is 24.1 Å². The minimum Gasteiger partial charge on any atom is -0.346 e. The van der Waals surface area contributed by atoms with Gasteiger partial charge in [-0.3, -0.25) is 0 Å². The molecule has 2 rings (SSSR count). The van der Waals surface area contributed by atoms with E-state index < -0.39 is 0 Å². The molecular formula is C9H11N3. The summed E-state index contributed by atoms with van der Waals surface area (Å²) in [4.78, 5) is 7.29. The first-order valence-corrected chi connectivity index (χ1v) is 3.94. The maximum absolute atomic E-state index is 5.58. The minimum absolute atomic E-state index is 0.562. The zero-order valence-electron chi connectivity index (χ0n) is 6.96. The highest BCUT2D eigenvalue weighted by atomic mass is 14.8. The molecule has 12 heavy (non-hydrogen) atoms. The van der Waals surface area contributed by atoms with Crippen LogP contribution >= 0.6 is 0 Å². The second-order valence-corrected chi connectivity index (χ2v) is 2.87. The zero-order valence-corrected chi connectivity index (χ0v) is 6.96. The first-order chi connectivity index (χ1) is 5.83. The van der Waals surface area contributed by atoms with Gasteiger partial charge in [-0.2, -0.15) is 0 Å². The zero-order chi connectivity index (χ0) is 8.55. The predicted octanol–water partition coefficient (Wildman–Crippen LogP) is 1.33. The quantitative estimate of drug-likeness (QED) is 0.663. The molecule has 2 aromatic heterocycles. The van der Waals surface area contributed by atoms with Crippen molar-refractivity contribution < 1.29 is 0 Å². The normalized spacial score (nSPS) is 10.8. The number of aromatic amines is 1. The van der Waals surface area contributed by atoms with Gasteiger partial charge in [-0.25, -0.2) is 4.98 Å². The average Bonchev–Trinajstić information content (AvgIpc) is 2.49. The summed E-state index contributed by atoms with van der Waals surface area (Å²) in [5, 5.41) is 1.17. The highest BCUT2D eigenvalue weighted by molar-refractivity contribution is 5.82. The summed E-state index contributed by atoms with van der Waals surface area (Å²) in [5.74, 6) is 0.